The number of nitrogens with two attached hydrogens (primary N) is 1. The molecule has 1 unspecified atom stereocenters. The van der Waals surface area contributed by atoms with Crippen LogP contribution < -0.4 is 10.5 Å². The van der Waals surface area contributed by atoms with E-state index in [2.05, 4.69) is 6.92 Å². The zero-order valence-corrected chi connectivity index (χ0v) is 11.9. The summed E-state index contributed by atoms with van der Waals surface area (Å²) in [7, 11) is 0. The van der Waals surface area contributed by atoms with E-state index in [1.807, 2.05) is 13.0 Å². The van der Waals surface area contributed by atoms with Crippen molar-refractivity contribution in [2.45, 2.75) is 32.7 Å². The average molecular weight is 271 g/mol. The Morgan fingerprint density at radius 2 is 2.17 bits per heavy atom. The number of benzene rings is 1. The second kappa shape index (κ2) is 8.38. The minimum absolute atomic E-state index is 0.0548. The fraction of sp³-hybridized carbons (Fsp3) is 0.571. The first kappa shape index (κ1) is 15.3. The SMILES string of the molecule is CCSCCOc1c(F)cccc1CC(N)CC. The van der Waals surface area contributed by atoms with Crippen molar-refractivity contribution < 1.29 is 9.13 Å². The molecule has 0 amide bonds. The Morgan fingerprint density at radius 1 is 1.39 bits per heavy atom. The topological polar surface area (TPSA) is 35.2 Å². The largest absolute Gasteiger partial charge is 0.489 e. The first-order chi connectivity index (χ1) is 8.69. The van der Waals surface area contributed by atoms with Gasteiger partial charge in [-0.15, -0.1) is 0 Å². The lowest BCUT2D eigenvalue weighted by molar-refractivity contribution is 0.320. The standard InChI is InChI=1S/C14H22FNOS/c1-3-12(16)10-11-6-5-7-13(15)14(11)17-8-9-18-4-2/h5-7,12H,3-4,8-10,16H2,1-2H3. The third kappa shape index (κ3) is 4.86. The van der Waals surface area contributed by atoms with E-state index in [4.69, 9.17) is 10.5 Å². The van der Waals surface area contributed by atoms with Crippen molar-refractivity contribution in [2.75, 3.05) is 18.1 Å². The van der Waals surface area contributed by atoms with Gasteiger partial charge in [0.15, 0.2) is 11.6 Å². The van der Waals surface area contributed by atoms with Gasteiger partial charge < -0.3 is 10.5 Å². The molecule has 0 saturated carbocycles. The Kier molecular flexibility index (Phi) is 7.13. The summed E-state index contributed by atoms with van der Waals surface area (Å²) in [6.07, 6.45) is 1.53. The zero-order chi connectivity index (χ0) is 13.4. The summed E-state index contributed by atoms with van der Waals surface area (Å²) in [5, 5.41) is 0. The first-order valence-corrected chi connectivity index (χ1v) is 7.58. The average Bonchev–Trinajstić information content (AvgIpc) is 2.37. The molecule has 102 valence electrons. The van der Waals surface area contributed by atoms with Gasteiger partial charge in [0.25, 0.3) is 0 Å². The maximum Gasteiger partial charge on any atom is 0.165 e. The van der Waals surface area contributed by atoms with E-state index in [1.54, 1.807) is 17.8 Å². The smallest absolute Gasteiger partial charge is 0.165 e. The van der Waals surface area contributed by atoms with Crippen LogP contribution in [0.25, 0.3) is 0 Å². The van der Waals surface area contributed by atoms with Crippen LogP contribution in [0.4, 0.5) is 4.39 Å². The van der Waals surface area contributed by atoms with Gasteiger partial charge in [0.05, 0.1) is 6.61 Å². The number of ether oxygens (including phenoxy) is 1. The van der Waals surface area contributed by atoms with E-state index >= 15 is 0 Å². The Morgan fingerprint density at radius 3 is 2.83 bits per heavy atom. The highest BCUT2D eigenvalue weighted by Gasteiger charge is 2.12. The molecule has 1 aromatic carbocycles. The summed E-state index contributed by atoms with van der Waals surface area (Å²) in [6, 6.07) is 5.09. The number of hydrogen-bond donors (Lipinski definition) is 1. The predicted octanol–water partition coefficient (Wildman–Crippen LogP) is 3.24. The van der Waals surface area contributed by atoms with Gasteiger partial charge in [-0.25, -0.2) is 4.39 Å². The fourth-order valence-corrected chi connectivity index (χ4v) is 2.14. The molecule has 1 rings (SSSR count). The molecule has 0 saturated heterocycles. The molecule has 1 atom stereocenters. The van der Waals surface area contributed by atoms with E-state index in [1.165, 1.54) is 6.07 Å². The Labute approximate surface area is 113 Å². The quantitative estimate of drug-likeness (QED) is 0.737. The highest BCUT2D eigenvalue weighted by molar-refractivity contribution is 7.99. The van der Waals surface area contributed by atoms with Crippen molar-refractivity contribution in [3.63, 3.8) is 0 Å². The van der Waals surface area contributed by atoms with Crippen LogP contribution in [-0.2, 0) is 6.42 Å². The number of rotatable bonds is 8. The third-order valence-corrected chi connectivity index (χ3v) is 3.60. The van der Waals surface area contributed by atoms with E-state index in [9.17, 15) is 4.39 Å². The highest BCUT2D eigenvalue weighted by atomic mass is 32.2. The van der Waals surface area contributed by atoms with Gasteiger partial charge in [-0.2, -0.15) is 11.8 Å². The van der Waals surface area contributed by atoms with Crippen LogP contribution >= 0.6 is 11.8 Å². The Bertz CT molecular complexity index is 360. The van der Waals surface area contributed by atoms with Crippen molar-refractivity contribution in [3.8, 4) is 5.75 Å². The monoisotopic (exact) mass is 271 g/mol. The van der Waals surface area contributed by atoms with Gasteiger partial charge in [-0.1, -0.05) is 26.0 Å². The van der Waals surface area contributed by atoms with Gasteiger partial charge in [-0.05, 0) is 30.2 Å². The van der Waals surface area contributed by atoms with E-state index in [-0.39, 0.29) is 11.9 Å². The molecule has 0 fully saturated rings. The summed E-state index contributed by atoms with van der Waals surface area (Å²) >= 11 is 1.79. The normalized spacial score (nSPS) is 12.4. The Hall–Kier alpha value is -0.740. The lowest BCUT2D eigenvalue weighted by Gasteiger charge is -2.15. The summed E-state index contributed by atoms with van der Waals surface area (Å²) in [4.78, 5) is 0. The van der Waals surface area contributed by atoms with Crippen LogP contribution in [0, 0.1) is 5.82 Å². The molecule has 2 nitrogen and oxygen atoms in total. The molecule has 0 aliphatic carbocycles. The lowest BCUT2D eigenvalue weighted by Crippen LogP contribution is -2.22. The number of thioether (sulfide) groups is 1. The lowest BCUT2D eigenvalue weighted by atomic mass is 10.0. The third-order valence-electron chi connectivity index (χ3n) is 2.73. The molecular weight excluding hydrogens is 249 g/mol. The maximum atomic E-state index is 13.7. The molecule has 0 spiro atoms. The van der Waals surface area contributed by atoms with Crippen molar-refractivity contribution in [1.29, 1.82) is 0 Å². The van der Waals surface area contributed by atoms with Gasteiger partial charge in [0, 0.05) is 11.8 Å². The van der Waals surface area contributed by atoms with Gasteiger partial charge in [-0.3, -0.25) is 0 Å². The van der Waals surface area contributed by atoms with Gasteiger partial charge in [0.1, 0.15) is 0 Å². The highest BCUT2D eigenvalue weighted by Crippen LogP contribution is 2.24. The molecule has 0 heterocycles. The fourth-order valence-electron chi connectivity index (χ4n) is 1.65. The summed E-state index contributed by atoms with van der Waals surface area (Å²) < 4.78 is 19.3. The maximum absolute atomic E-state index is 13.7. The molecule has 0 aliphatic heterocycles. The van der Waals surface area contributed by atoms with Gasteiger partial charge >= 0.3 is 0 Å². The van der Waals surface area contributed by atoms with Crippen LogP contribution in [0.2, 0.25) is 0 Å². The van der Waals surface area contributed by atoms with Crippen LogP contribution in [0.1, 0.15) is 25.8 Å². The minimum Gasteiger partial charge on any atom is -0.489 e. The number of para-hydroxylation sites is 1. The van der Waals surface area contributed by atoms with E-state index in [0.29, 0.717) is 18.8 Å². The number of halogens is 1. The molecule has 18 heavy (non-hydrogen) atoms. The van der Waals surface area contributed by atoms with Crippen molar-refractivity contribution in [2.24, 2.45) is 5.73 Å². The molecule has 2 N–H and O–H groups in total. The van der Waals surface area contributed by atoms with Crippen LogP contribution in [0.5, 0.6) is 5.75 Å². The Balaban J connectivity index is 2.67. The molecule has 0 radical (unpaired) electrons. The van der Waals surface area contributed by atoms with E-state index < -0.39 is 0 Å². The molecule has 0 bridgehead atoms. The van der Waals surface area contributed by atoms with Crippen molar-refractivity contribution in [3.05, 3.63) is 29.6 Å². The van der Waals surface area contributed by atoms with Gasteiger partial charge in [0.2, 0.25) is 0 Å². The van der Waals surface area contributed by atoms with Crippen LogP contribution in [-0.4, -0.2) is 24.2 Å². The second-order valence-corrected chi connectivity index (χ2v) is 5.54. The molecule has 1 aromatic rings. The van der Waals surface area contributed by atoms with Crippen molar-refractivity contribution in [1.82, 2.24) is 0 Å². The minimum atomic E-state index is -0.294. The number of hydrogen-bond acceptors (Lipinski definition) is 3. The molecule has 0 aromatic heterocycles. The van der Waals surface area contributed by atoms with Crippen LogP contribution in [0.3, 0.4) is 0 Å². The van der Waals surface area contributed by atoms with Crippen LogP contribution in [0.15, 0.2) is 18.2 Å². The second-order valence-electron chi connectivity index (χ2n) is 4.15. The predicted molar refractivity (Wildman–Crippen MR) is 76.9 cm³/mol. The summed E-state index contributed by atoms with van der Waals surface area (Å²) in [6.45, 7) is 4.66. The molecule has 4 heteroatoms. The van der Waals surface area contributed by atoms with Crippen molar-refractivity contribution >= 4 is 11.8 Å². The molecule has 0 aliphatic rings. The molecular formula is C14H22FNOS. The summed E-state index contributed by atoms with van der Waals surface area (Å²) in [5.74, 6) is 2.01. The zero-order valence-electron chi connectivity index (χ0n) is 11.1. The summed E-state index contributed by atoms with van der Waals surface area (Å²) in [5.41, 5.74) is 6.78. The first-order valence-electron chi connectivity index (χ1n) is 6.42. The van der Waals surface area contributed by atoms with E-state index in [0.717, 1.165) is 23.5 Å².